The van der Waals surface area contributed by atoms with E-state index in [1.54, 1.807) is 17.9 Å². The van der Waals surface area contributed by atoms with E-state index in [2.05, 4.69) is 20.3 Å². The number of aromatic amines is 1. The van der Waals surface area contributed by atoms with Gasteiger partial charge in [0, 0.05) is 69.6 Å². The summed E-state index contributed by atoms with van der Waals surface area (Å²) >= 11 is 0. The number of para-hydroxylation sites is 1. The van der Waals surface area contributed by atoms with E-state index in [9.17, 15) is 9.59 Å². The van der Waals surface area contributed by atoms with Crippen LogP contribution in [0.15, 0.2) is 36.7 Å². The Morgan fingerprint density at radius 3 is 2.74 bits per heavy atom. The summed E-state index contributed by atoms with van der Waals surface area (Å²) in [5.41, 5.74) is 2.54. The maximum absolute atomic E-state index is 12.8. The number of H-pyrrole nitrogens is 1. The Labute approximate surface area is 181 Å². The van der Waals surface area contributed by atoms with Gasteiger partial charge in [0.1, 0.15) is 5.56 Å². The van der Waals surface area contributed by atoms with Gasteiger partial charge in [0.25, 0.3) is 5.91 Å². The van der Waals surface area contributed by atoms with Crippen molar-refractivity contribution in [3.05, 3.63) is 47.8 Å². The molecule has 2 amide bonds. The van der Waals surface area contributed by atoms with Crippen molar-refractivity contribution < 1.29 is 14.3 Å². The van der Waals surface area contributed by atoms with Gasteiger partial charge in [-0.15, -0.1) is 5.10 Å². The van der Waals surface area contributed by atoms with Crippen LogP contribution in [-0.2, 0) is 18.3 Å². The molecule has 0 atom stereocenters. The molecule has 164 valence electrons. The molecule has 0 bridgehead atoms. The molecule has 2 N–H and O–H groups in total. The Balaban J connectivity index is 1.20. The molecule has 0 spiro atoms. The minimum absolute atomic E-state index is 0.0160. The van der Waals surface area contributed by atoms with E-state index in [0.29, 0.717) is 37.5 Å². The van der Waals surface area contributed by atoms with E-state index in [-0.39, 0.29) is 11.8 Å². The number of rotatable bonds is 7. The molecule has 9 nitrogen and oxygen atoms in total. The number of hydrogen-bond donors (Lipinski definition) is 2. The first-order chi connectivity index (χ1) is 15.0. The van der Waals surface area contributed by atoms with E-state index >= 15 is 0 Å². The summed E-state index contributed by atoms with van der Waals surface area (Å²) in [6.07, 6.45) is 3.95. The lowest BCUT2D eigenvalue weighted by Crippen LogP contribution is -2.50. The molecule has 0 saturated carbocycles. The smallest absolute Gasteiger partial charge is 0.261 e. The number of ether oxygens (including phenoxy) is 1. The van der Waals surface area contributed by atoms with E-state index in [0.717, 1.165) is 36.1 Å². The van der Waals surface area contributed by atoms with Crippen LogP contribution in [0.2, 0.25) is 0 Å². The number of fused-ring (bicyclic) bond motifs is 1. The van der Waals surface area contributed by atoms with Gasteiger partial charge in [-0.1, -0.05) is 18.2 Å². The first-order valence-electron chi connectivity index (χ1n) is 10.5. The summed E-state index contributed by atoms with van der Waals surface area (Å²) in [4.78, 5) is 32.4. The lowest BCUT2D eigenvalue weighted by molar-refractivity contribution is -0.120. The lowest BCUT2D eigenvalue weighted by Gasteiger charge is -2.34. The number of aromatic nitrogens is 3. The van der Waals surface area contributed by atoms with Crippen LogP contribution in [0.4, 0.5) is 0 Å². The van der Waals surface area contributed by atoms with Crippen LogP contribution in [-0.4, -0.2) is 82.8 Å². The van der Waals surface area contributed by atoms with Crippen molar-refractivity contribution in [2.75, 3.05) is 46.4 Å². The summed E-state index contributed by atoms with van der Waals surface area (Å²) in [5, 5.41) is 8.25. The SMILES string of the molecule is COc1nn(C)cc1C(=O)N1CCN(CCNC(=O)Cc2c[nH]c3ccccc23)CC1. The highest BCUT2D eigenvalue weighted by molar-refractivity contribution is 5.96. The molecule has 1 aliphatic rings. The zero-order valence-electron chi connectivity index (χ0n) is 17.9. The Kier molecular flexibility index (Phi) is 6.22. The minimum atomic E-state index is -0.0587. The molecule has 1 saturated heterocycles. The quantitative estimate of drug-likeness (QED) is 0.591. The number of nitrogens with one attached hydrogen (secondary N) is 2. The first kappa shape index (κ1) is 20.9. The molecule has 3 heterocycles. The largest absolute Gasteiger partial charge is 0.479 e. The van der Waals surface area contributed by atoms with Crippen molar-refractivity contribution in [3.8, 4) is 5.88 Å². The van der Waals surface area contributed by atoms with Crippen LogP contribution in [0.3, 0.4) is 0 Å². The van der Waals surface area contributed by atoms with Gasteiger partial charge in [-0.05, 0) is 11.6 Å². The minimum Gasteiger partial charge on any atom is -0.479 e. The lowest BCUT2D eigenvalue weighted by atomic mass is 10.1. The predicted octanol–water partition coefficient (Wildman–Crippen LogP) is 1.03. The molecule has 1 fully saturated rings. The first-order valence-corrected chi connectivity index (χ1v) is 10.5. The third-order valence-corrected chi connectivity index (χ3v) is 5.65. The fraction of sp³-hybridized carbons (Fsp3) is 0.409. The topological polar surface area (TPSA) is 95.5 Å². The van der Waals surface area contributed by atoms with E-state index in [1.165, 1.54) is 7.11 Å². The summed E-state index contributed by atoms with van der Waals surface area (Å²) in [5.74, 6) is 0.312. The van der Waals surface area contributed by atoms with Crippen molar-refractivity contribution in [2.24, 2.45) is 7.05 Å². The Bertz CT molecular complexity index is 1060. The van der Waals surface area contributed by atoms with Crippen LogP contribution in [0.5, 0.6) is 5.88 Å². The van der Waals surface area contributed by atoms with Gasteiger partial charge >= 0.3 is 0 Å². The van der Waals surface area contributed by atoms with E-state index in [1.807, 2.05) is 35.4 Å². The maximum atomic E-state index is 12.8. The fourth-order valence-corrected chi connectivity index (χ4v) is 3.98. The van der Waals surface area contributed by atoms with Gasteiger partial charge < -0.3 is 19.9 Å². The number of aryl methyl sites for hydroxylation is 1. The highest BCUT2D eigenvalue weighted by Crippen LogP contribution is 2.19. The molecule has 0 aliphatic carbocycles. The average molecular weight is 425 g/mol. The number of nitrogens with zero attached hydrogens (tertiary/aromatic N) is 4. The summed E-state index contributed by atoms with van der Waals surface area (Å²) in [7, 11) is 3.29. The normalized spacial score (nSPS) is 14.7. The van der Waals surface area contributed by atoms with Gasteiger partial charge in [0.15, 0.2) is 0 Å². The Morgan fingerprint density at radius 2 is 1.97 bits per heavy atom. The number of methoxy groups -OCH3 is 1. The monoisotopic (exact) mass is 424 g/mol. The van der Waals surface area contributed by atoms with Crippen molar-refractivity contribution >= 4 is 22.7 Å². The summed E-state index contributed by atoms with van der Waals surface area (Å²) in [6.45, 7) is 4.17. The second kappa shape index (κ2) is 9.22. The van der Waals surface area contributed by atoms with Crippen molar-refractivity contribution in [1.29, 1.82) is 0 Å². The van der Waals surface area contributed by atoms with Crippen molar-refractivity contribution in [2.45, 2.75) is 6.42 Å². The number of carbonyl (C=O) groups excluding carboxylic acids is 2. The zero-order valence-corrected chi connectivity index (χ0v) is 17.9. The average Bonchev–Trinajstić information content (AvgIpc) is 3.37. The molecule has 2 aromatic heterocycles. The fourth-order valence-electron chi connectivity index (χ4n) is 3.98. The van der Waals surface area contributed by atoms with Crippen LogP contribution < -0.4 is 10.1 Å². The van der Waals surface area contributed by atoms with Gasteiger partial charge in [-0.2, -0.15) is 0 Å². The number of benzene rings is 1. The van der Waals surface area contributed by atoms with Crippen molar-refractivity contribution in [3.63, 3.8) is 0 Å². The summed E-state index contributed by atoms with van der Waals surface area (Å²) < 4.78 is 6.79. The van der Waals surface area contributed by atoms with Crippen molar-refractivity contribution in [1.82, 2.24) is 29.9 Å². The molecular weight excluding hydrogens is 396 g/mol. The number of hydrogen-bond acceptors (Lipinski definition) is 5. The van der Waals surface area contributed by atoms with E-state index in [4.69, 9.17) is 4.74 Å². The molecule has 1 aromatic carbocycles. The molecule has 9 heteroatoms. The second-order valence-electron chi connectivity index (χ2n) is 7.75. The number of carbonyl (C=O) groups is 2. The van der Waals surface area contributed by atoms with Gasteiger partial charge in [0.2, 0.25) is 11.8 Å². The van der Waals surface area contributed by atoms with E-state index < -0.39 is 0 Å². The van der Waals surface area contributed by atoms with Crippen LogP contribution >= 0.6 is 0 Å². The van der Waals surface area contributed by atoms with Gasteiger partial charge in [-0.3, -0.25) is 19.2 Å². The highest BCUT2D eigenvalue weighted by atomic mass is 16.5. The second-order valence-corrected chi connectivity index (χ2v) is 7.75. The molecule has 0 radical (unpaired) electrons. The highest BCUT2D eigenvalue weighted by Gasteiger charge is 2.26. The zero-order chi connectivity index (χ0) is 21.8. The van der Waals surface area contributed by atoms with Crippen LogP contribution in [0.25, 0.3) is 10.9 Å². The van der Waals surface area contributed by atoms with Crippen LogP contribution in [0.1, 0.15) is 15.9 Å². The molecule has 1 aliphatic heterocycles. The number of amides is 2. The van der Waals surface area contributed by atoms with Crippen LogP contribution in [0, 0.1) is 0 Å². The van der Waals surface area contributed by atoms with Gasteiger partial charge in [-0.25, -0.2) is 0 Å². The molecular formula is C22H28N6O3. The molecule has 3 aromatic rings. The Morgan fingerprint density at radius 1 is 1.19 bits per heavy atom. The molecule has 4 rings (SSSR count). The summed E-state index contributed by atoms with van der Waals surface area (Å²) in [6, 6.07) is 7.98. The maximum Gasteiger partial charge on any atom is 0.261 e. The number of piperazine rings is 1. The molecule has 0 unspecified atom stereocenters. The third kappa shape index (κ3) is 4.72. The molecule has 31 heavy (non-hydrogen) atoms. The van der Waals surface area contributed by atoms with Gasteiger partial charge in [0.05, 0.1) is 13.5 Å². The predicted molar refractivity (Wildman–Crippen MR) is 117 cm³/mol. The Hall–Kier alpha value is -3.33. The standard InChI is InChI=1S/C22H28N6O3/c1-26-15-18(21(25-26)31-2)22(30)28-11-9-27(10-12-28)8-7-23-20(29)13-16-14-24-19-6-4-3-5-17(16)19/h3-6,14-15,24H,7-13H2,1-2H3,(H,23,29). The third-order valence-electron chi connectivity index (χ3n) is 5.65.